The number of fused-ring (bicyclic) bond motifs is 8. The molecule has 1 aliphatic heterocycles. The Kier molecular flexibility index (Phi) is 8.32. The van der Waals surface area contributed by atoms with E-state index in [4.69, 9.17) is 0 Å². The Hall–Kier alpha value is 0.430. The minimum Gasteiger partial charge on any atom is -0.0966 e. The van der Waals surface area contributed by atoms with Crippen LogP contribution in [0.1, 0.15) is 163 Å². The molecule has 13 unspecified atom stereocenters. The largest absolute Gasteiger partial charge is 0.0966 e. The summed E-state index contributed by atoms with van der Waals surface area (Å²) in [6, 6.07) is 0. The first kappa shape index (κ1) is 29.2. The Morgan fingerprint density at radius 2 is 1.27 bits per heavy atom. The Balaban J connectivity index is 1.04. The van der Waals surface area contributed by atoms with Gasteiger partial charge < -0.3 is 0 Å². The third kappa shape index (κ3) is 4.75. The molecule has 6 aliphatic carbocycles. The second-order valence-corrected chi connectivity index (χ2v) is 21.0. The van der Waals surface area contributed by atoms with Crippen LogP contribution < -0.4 is 0 Å². The standard InChI is InChI=1S/C39H67P/c1-26(2)11-10-12-27(3)33-19-20-34-32-18-17-28-25-29(21-23-38(28,4)35(32)22-24-39(33,34)5)40-36-15-8-6-13-30(36)31-14-7-9-16-37(31)40/h26-37H,6-25H2,1-5H3. The van der Waals surface area contributed by atoms with Crippen molar-refractivity contribution >= 4 is 7.92 Å². The van der Waals surface area contributed by atoms with Gasteiger partial charge in [-0.1, -0.05) is 87.5 Å². The molecule has 7 rings (SSSR count). The first-order valence-corrected chi connectivity index (χ1v) is 20.6. The molecule has 0 aromatic heterocycles. The highest BCUT2D eigenvalue weighted by Gasteiger charge is 2.62. The fourth-order valence-electron chi connectivity index (χ4n) is 14.3. The molecule has 0 aromatic carbocycles. The molecule has 0 bridgehead atoms. The lowest BCUT2D eigenvalue weighted by atomic mass is 9.44. The van der Waals surface area contributed by atoms with Gasteiger partial charge in [0.1, 0.15) is 0 Å². The molecule has 1 heterocycles. The molecule has 7 fully saturated rings. The molecule has 13 atom stereocenters. The molecular formula is C39H67P. The van der Waals surface area contributed by atoms with Crippen LogP contribution in [0.4, 0.5) is 0 Å². The van der Waals surface area contributed by atoms with E-state index in [0.717, 1.165) is 41.4 Å². The highest BCUT2D eigenvalue weighted by molar-refractivity contribution is 7.60. The molecule has 1 saturated heterocycles. The summed E-state index contributed by atoms with van der Waals surface area (Å²) in [6.07, 6.45) is 31.7. The Labute approximate surface area is 251 Å². The minimum absolute atomic E-state index is 0.308. The van der Waals surface area contributed by atoms with Crippen LogP contribution >= 0.6 is 7.92 Å². The van der Waals surface area contributed by atoms with Gasteiger partial charge in [-0.15, -0.1) is 0 Å². The highest BCUT2D eigenvalue weighted by atomic mass is 31.1. The molecule has 40 heavy (non-hydrogen) atoms. The van der Waals surface area contributed by atoms with Gasteiger partial charge in [0.25, 0.3) is 0 Å². The second-order valence-electron chi connectivity index (χ2n) is 18.1. The fraction of sp³-hybridized carbons (Fsp3) is 1.00. The Morgan fingerprint density at radius 1 is 0.625 bits per heavy atom. The highest BCUT2D eigenvalue weighted by Crippen LogP contribution is 2.74. The van der Waals surface area contributed by atoms with Gasteiger partial charge in [-0.05, 0) is 165 Å². The van der Waals surface area contributed by atoms with Gasteiger partial charge in [0.05, 0.1) is 0 Å². The molecule has 6 saturated carbocycles. The predicted molar refractivity (Wildman–Crippen MR) is 175 cm³/mol. The average molecular weight is 567 g/mol. The molecule has 0 aromatic rings. The predicted octanol–water partition coefficient (Wildman–Crippen LogP) is 12.1. The van der Waals surface area contributed by atoms with Crippen molar-refractivity contribution < 1.29 is 0 Å². The lowest BCUT2D eigenvalue weighted by Gasteiger charge is -2.62. The van der Waals surface area contributed by atoms with Crippen LogP contribution in [0.15, 0.2) is 0 Å². The maximum atomic E-state index is 2.86. The molecule has 0 nitrogen and oxygen atoms in total. The minimum atomic E-state index is 0.308. The van der Waals surface area contributed by atoms with E-state index in [2.05, 4.69) is 34.6 Å². The van der Waals surface area contributed by atoms with Crippen molar-refractivity contribution in [1.29, 1.82) is 0 Å². The summed E-state index contributed by atoms with van der Waals surface area (Å²) in [4.78, 5) is 0. The first-order valence-electron chi connectivity index (χ1n) is 19.1. The summed E-state index contributed by atoms with van der Waals surface area (Å²) in [5.41, 5.74) is 4.93. The molecule has 0 amide bonds. The van der Waals surface area contributed by atoms with Gasteiger partial charge in [-0.3, -0.25) is 0 Å². The zero-order valence-corrected chi connectivity index (χ0v) is 28.4. The number of hydrogen-bond acceptors (Lipinski definition) is 0. The molecule has 7 aliphatic rings. The molecule has 0 radical (unpaired) electrons. The van der Waals surface area contributed by atoms with Crippen LogP contribution in [0.3, 0.4) is 0 Å². The van der Waals surface area contributed by atoms with Gasteiger partial charge in [0.2, 0.25) is 0 Å². The molecular weight excluding hydrogens is 499 g/mol. The topological polar surface area (TPSA) is 0 Å². The van der Waals surface area contributed by atoms with Crippen LogP contribution in [0.25, 0.3) is 0 Å². The lowest BCUT2D eigenvalue weighted by molar-refractivity contribution is -0.113. The summed E-state index contributed by atoms with van der Waals surface area (Å²) < 4.78 is 0. The summed E-state index contributed by atoms with van der Waals surface area (Å²) in [5.74, 6) is 9.48. The Morgan fingerprint density at radius 3 is 1.98 bits per heavy atom. The summed E-state index contributed by atoms with van der Waals surface area (Å²) in [6.45, 7) is 13.2. The van der Waals surface area contributed by atoms with Crippen LogP contribution in [0.2, 0.25) is 0 Å². The lowest BCUT2D eigenvalue weighted by Crippen LogP contribution is -2.54. The van der Waals surface area contributed by atoms with E-state index in [1.807, 2.05) is 0 Å². The average Bonchev–Trinajstić information content (AvgIpc) is 3.47. The number of rotatable bonds is 6. The fourth-order valence-corrected chi connectivity index (χ4v) is 19.4. The van der Waals surface area contributed by atoms with E-state index in [0.29, 0.717) is 18.8 Å². The van der Waals surface area contributed by atoms with Gasteiger partial charge in [0.15, 0.2) is 0 Å². The van der Waals surface area contributed by atoms with Crippen LogP contribution in [-0.2, 0) is 0 Å². The van der Waals surface area contributed by atoms with Crippen molar-refractivity contribution in [2.45, 2.75) is 180 Å². The zero-order chi connectivity index (χ0) is 27.6. The van der Waals surface area contributed by atoms with Crippen molar-refractivity contribution in [3.05, 3.63) is 0 Å². The van der Waals surface area contributed by atoms with Gasteiger partial charge in [-0.2, -0.15) is 0 Å². The van der Waals surface area contributed by atoms with Crippen LogP contribution in [0.5, 0.6) is 0 Å². The van der Waals surface area contributed by atoms with Crippen LogP contribution in [-0.4, -0.2) is 17.0 Å². The normalized spacial score (nSPS) is 52.8. The van der Waals surface area contributed by atoms with Crippen molar-refractivity contribution in [3.63, 3.8) is 0 Å². The monoisotopic (exact) mass is 566 g/mol. The van der Waals surface area contributed by atoms with Crippen LogP contribution in [0, 0.1) is 64.1 Å². The van der Waals surface area contributed by atoms with E-state index >= 15 is 0 Å². The zero-order valence-electron chi connectivity index (χ0n) is 27.5. The van der Waals surface area contributed by atoms with Crippen molar-refractivity contribution in [3.8, 4) is 0 Å². The van der Waals surface area contributed by atoms with E-state index in [1.54, 1.807) is 109 Å². The summed E-state index contributed by atoms with van der Waals surface area (Å²) >= 11 is 0. The van der Waals surface area contributed by atoms with E-state index < -0.39 is 0 Å². The maximum absolute atomic E-state index is 2.86. The van der Waals surface area contributed by atoms with Gasteiger partial charge in [-0.25, -0.2) is 0 Å². The molecule has 1 heteroatoms. The molecule has 228 valence electrons. The third-order valence-electron chi connectivity index (χ3n) is 16.1. The quantitative estimate of drug-likeness (QED) is 0.280. The SMILES string of the molecule is CC(C)CCCC(C)C1CCC2C3CCC4CC(P5C6CCCCC6C6CCCCC65)CCC4(C)C3CCC12C. The van der Waals surface area contributed by atoms with Gasteiger partial charge in [0, 0.05) is 0 Å². The Bertz CT molecular complexity index is 856. The van der Waals surface area contributed by atoms with E-state index in [9.17, 15) is 0 Å². The molecule has 0 N–H and O–H groups in total. The van der Waals surface area contributed by atoms with Crippen molar-refractivity contribution in [2.24, 2.45) is 64.1 Å². The number of hydrogen-bond donors (Lipinski definition) is 0. The first-order chi connectivity index (χ1) is 19.3. The van der Waals surface area contributed by atoms with Crippen molar-refractivity contribution in [2.75, 3.05) is 0 Å². The van der Waals surface area contributed by atoms with E-state index in [1.165, 1.54) is 48.1 Å². The maximum Gasteiger partial charge on any atom is -0.0173 e. The third-order valence-corrected chi connectivity index (χ3v) is 20.3. The molecule has 0 spiro atoms. The van der Waals surface area contributed by atoms with Crippen molar-refractivity contribution in [1.82, 2.24) is 0 Å². The summed E-state index contributed by atoms with van der Waals surface area (Å²) in [7, 11) is 0.308. The second kappa shape index (κ2) is 11.4. The summed E-state index contributed by atoms with van der Waals surface area (Å²) in [5, 5.41) is 0. The van der Waals surface area contributed by atoms with Gasteiger partial charge >= 0.3 is 0 Å². The van der Waals surface area contributed by atoms with E-state index in [-0.39, 0.29) is 0 Å². The smallest absolute Gasteiger partial charge is 0.0173 e.